The van der Waals surface area contributed by atoms with Crippen LogP contribution in [0.15, 0.2) is 48.5 Å². The van der Waals surface area contributed by atoms with Gasteiger partial charge in [0.05, 0.1) is 12.2 Å². The molecule has 0 spiro atoms. The van der Waals surface area contributed by atoms with E-state index in [1.54, 1.807) is 35.2 Å². The summed E-state index contributed by atoms with van der Waals surface area (Å²) >= 11 is 0. The van der Waals surface area contributed by atoms with Gasteiger partial charge in [-0.3, -0.25) is 9.59 Å². The molecule has 0 aliphatic rings. The van der Waals surface area contributed by atoms with Gasteiger partial charge in [0.15, 0.2) is 6.61 Å². The molecule has 0 aliphatic carbocycles. The van der Waals surface area contributed by atoms with Crippen molar-refractivity contribution in [2.24, 2.45) is 0 Å². The van der Waals surface area contributed by atoms with Gasteiger partial charge in [0, 0.05) is 24.3 Å². The van der Waals surface area contributed by atoms with Gasteiger partial charge in [-0.2, -0.15) is 13.2 Å². The monoisotopic (exact) mass is 423 g/mol. The molecule has 0 bridgehead atoms. The number of nitrogens with zero attached hydrogens (tertiary/aromatic N) is 1. The molecule has 0 unspecified atom stereocenters. The second-order valence-corrected chi connectivity index (χ2v) is 6.36. The zero-order valence-corrected chi connectivity index (χ0v) is 16.8. The normalized spacial score (nSPS) is 11.0. The summed E-state index contributed by atoms with van der Waals surface area (Å²) in [7, 11) is 0. The molecule has 30 heavy (non-hydrogen) atoms. The standard InChI is InChI=1S/C21H24F3N3O3/c1-3-27(4-2)20(29)15-9-11-16(12-10-15)26-19(28)13-25-17-7-5-6-8-18(17)30-14-21(22,23)24/h5-12,25H,3-4,13-14H2,1-2H3,(H,26,28). The van der Waals surface area contributed by atoms with Crippen LogP contribution in [0.3, 0.4) is 0 Å². The van der Waals surface area contributed by atoms with Crippen LogP contribution in [0.5, 0.6) is 5.75 Å². The van der Waals surface area contributed by atoms with Crippen LogP contribution < -0.4 is 15.4 Å². The van der Waals surface area contributed by atoms with E-state index in [4.69, 9.17) is 4.74 Å². The summed E-state index contributed by atoms with van der Waals surface area (Å²) in [4.78, 5) is 26.1. The Balaban J connectivity index is 1.92. The van der Waals surface area contributed by atoms with E-state index >= 15 is 0 Å². The van der Waals surface area contributed by atoms with Gasteiger partial charge in [0.2, 0.25) is 5.91 Å². The summed E-state index contributed by atoms with van der Waals surface area (Å²) in [6, 6.07) is 12.6. The number of amides is 2. The van der Waals surface area contributed by atoms with E-state index in [1.807, 2.05) is 13.8 Å². The van der Waals surface area contributed by atoms with Crippen LogP contribution in [0, 0.1) is 0 Å². The Kier molecular flexibility index (Phi) is 8.08. The summed E-state index contributed by atoms with van der Waals surface area (Å²) in [6.45, 7) is 3.41. The number of halogens is 3. The largest absolute Gasteiger partial charge is 0.482 e. The first-order valence-corrected chi connectivity index (χ1v) is 9.45. The van der Waals surface area contributed by atoms with Gasteiger partial charge in [-0.1, -0.05) is 12.1 Å². The molecule has 0 saturated carbocycles. The Morgan fingerprint density at radius 3 is 2.23 bits per heavy atom. The smallest absolute Gasteiger partial charge is 0.422 e. The zero-order chi connectivity index (χ0) is 22.1. The van der Waals surface area contributed by atoms with Gasteiger partial charge in [-0.25, -0.2) is 0 Å². The van der Waals surface area contributed by atoms with Gasteiger partial charge in [-0.05, 0) is 50.2 Å². The van der Waals surface area contributed by atoms with E-state index in [-0.39, 0.29) is 23.9 Å². The van der Waals surface area contributed by atoms with Crippen LogP contribution in [-0.2, 0) is 4.79 Å². The average molecular weight is 423 g/mol. The van der Waals surface area contributed by atoms with Crippen molar-refractivity contribution in [3.63, 3.8) is 0 Å². The number of hydrogen-bond donors (Lipinski definition) is 2. The van der Waals surface area contributed by atoms with Crippen molar-refractivity contribution in [1.82, 2.24) is 4.90 Å². The summed E-state index contributed by atoms with van der Waals surface area (Å²) in [5, 5.41) is 5.43. The van der Waals surface area contributed by atoms with E-state index < -0.39 is 18.7 Å². The highest BCUT2D eigenvalue weighted by molar-refractivity contribution is 5.96. The molecule has 2 aromatic carbocycles. The van der Waals surface area contributed by atoms with Crippen LogP contribution in [0.2, 0.25) is 0 Å². The Morgan fingerprint density at radius 2 is 1.63 bits per heavy atom. The summed E-state index contributed by atoms with van der Waals surface area (Å²) in [6.07, 6.45) is -4.46. The highest BCUT2D eigenvalue weighted by atomic mass is 19.4. The Labute approximate surface area is 173 Å². The molecule has 0 fully saturated rings. The summed E-state index contributed by atoms with van der Waals surface area (Å²) in [5.74, 6) is -0.486. The highest BCUT2D eigenvalue weighted by Crippen LogP contribution is 2.26. The van der Waals surface area contributed by atoms with Gasteiger partial charge >= 0.3 is 6.18 Å². The lowest BCUT2D eigenvalue weighted by Gasteiger charge is -2.18. The van der Waals surface area contributed by atoms with Crippen molar-refractivity contribution in [3.05, 3.63) is 54.1 Å². The number of alkyl halides is 3. The predicted octanol–water partition coefficient (Wildman–Crippen LogP) is 4.16. The third kappa shape index (κ3) is 6.98. The molecule has 0 atom stereocenters. The number of carbonyl (C=O) groups excluding carboxylic acids is 2. The summed E-state index contributed by atoms with van der Waals surface area (Å²) in [5.41, 5.74) is 1.29. The maximum atomic E-state index is 12.4. The number of ether oxygens (including phenoxy) is 1. The number of carbonyl (C=O) groups is 2. The number of anilines is 2. The van der Waals surface area contributed by atoms with Gasteiger partial charge in [-0.15, -0.1) is 0 Å². The molecule has 6 nitrogen and oxygen atoms in total. The second-order valence-electron chi connectivity index (χ2n) is 6.36. The van der Waals surface area contributed by atoms with Crippen molar-refractivity contribution in [2.75, 3.05) is 36.9 Å². The Hall–Kier alpha value is -3.23. The van der Waals surface area contributed by atoms with E-state index in [9.17, 15) is 22.8 Å². The fourth-order valence-electron chi connectivity index (χ4n) is 2.67. The number of benzene rings is 2. The lowest BCUT2D eigenvalue weighted by Crippen LogP contribution is -2.30. The molecule has 0 saturated heterocycles. The zero-order valence-electron chi connectivity index (χ0n) is 16.8. The fourth-order valence-corrected chi connectivity index (χ4v) is 2.67. The molecule has 162 valence electrons. The topological polar surface area (TPSA) is 70.7 Å². The number of para-hydroxylation sites is 2. The van der Waals surface area contributed by atoms with E-state index in [0.717, 1.165) is 0 Å². The maximum Gasteiger partial charge on any atom is 0.422 e. The SMILES string of the molecule is CCN(CC)C(=O)c1ccc(NC(=O)CNc2ccccc2OCC(F)(F)F)cc1. The second kappa shape index (κ2) is 10.5. The van der Waals surface area contributed by atoms with Gasteiger partial charge in [0.1, 0.15) is 5.75 Å². The first kappa shape index (κ1) is 23.1. The molecule has 2 aromatic rings. The average Bonchev–Trinajstić information content (AvgIpc) is 2.72. The quantitative estimate of drug-likeness (QED) is 0.636. The number of rotatable bonds is 9. The lowest BCUT2D eigenvalue weighted by molar-refractivity contribution is -0.153. The molecular formula is C21H24F3N3O3. The number of hydrogen-bond acceptors (Lipinski definition) is 4. The maximum absolute atomic E-state index is 12.4. The molecule has 9 heteroatoms. The van der Waals surface area contributed by atoms with Crippen molar-refractivity contribution < 1.29 is 27.5 Å². The Morgan fingerprint density at radius 1 is 1.00 bits per heavy atom. The highest BCUT2D eigenvalue weighted by Gasteiger charge is 2.28. The van der Waals surface area contributed by atoms with E-state index in [0.29, 0.717) is 24.3 Å². The first-order valence-electron chi connectivity index (χ1n) is 9.45. The van der Waals surface area contributed by atoms with Crippen LogP contribution in [0.4, 0.5) is 24.5 Å². The molecule has 0 aromatic heterocycles. The van der Waals surface area contributed by atoms with Gasteiger partial charge < -0.3 is 20.3 Å². The minimum atomic E-state index is -4.46. The molecule has 0 heterocycles. The van der Waals surface area contributed by atoms with E-state index in [1.165, 1.54) is 18.2 Å². The van der Waals surface area contributed by atoms with Crippen molar-refractivity contribution >= 4 is 23.2 Å². The van der Waals surface area contributed by atoms with Crippen LogP contribution >= 0.6 is 0 Å². The molecule has 2 N–H and O–H groups in total. The van der Waals surface area contributed by atoms with Crippen LogP contribution in [-0.4, -0.2) is 49.1 Å². The van der Waals surface area contributed by atoms with Gasteiger partial charge in [0.25, 0.3) is 5.91 Å². The number of nitrogens with one attached hydrogen (secondary N) is 2. The molecule has 0 radical (unpaired) electrons. The van der Waals surface area contributed by atoms with Crippen LogP contribution in [0.25, 0.3) is 0 Å². The Bertz CT molecular complexity index is 851. The van der Waals surface area contributed by atoms with E-state index in [2.05, 4.69) is 10.6 Å². The predicted molar refractivity (Wildman–Crippen MR) is 109 cm³/mol. The van der Waals surface area contributed by atoms with Crippen LogP contribution in [0.1, 0.15) is 24.2 Å². The molecule has 0 aliphatic heterocycles. The van der Waals surface area contributed by atoms with Crippen molar-refractivity contribution in [1.29, 1.82) is 0 Å². The fraction of sp³-hybridized carbons (Fsp3) is 0.333. The minimum absolute atomic E-state index is 0.00175. The third-order valence-corrected chi connectivity index (χ3v) is 4.18. The van der Waals surface area contributed by atoms with Crippen molar-refractivity contribution in [2.45, 2.75) is 20.0 Å². The molecule has 2 amide bonds. The lowest BCUT2D eigenvalue weighted by atomic mass is 10.1. The molecule has 2 rings (SSSR count). The minimum Gasteiger partial charge on any atom is -0.482 e. The molecular weight excluding hydrogens is 399 g/mol. The summed E-state index contributed by atoms with van der Waals surface area (Å²) < 4.78 is 41.8. The van der Waals surface area contributed by atoms with Crippen molar-refractivity contribution in [3.8, 4) is 5.75 Å². The third-order valence-electron chi connectivity index (χ3n) is 4.18. The first-order chi connectivity index (χ1) is 14.2.